The number of hydrogen-bond acceptors (Lipinski definition) is 3. The maximum atomic E-state index is 11.9. The van der Waals surface area contributed by atoms with Gasteiger partial charge in [0.25, 0.3) is 0 Å². The summed E-state index contributed by atoms with van der Waals surface area (Å²) >= 11 is 0. The summed E-state index contributed by atoms with van der Waals surface area (Å²) in [6.07, 6.45) is -3.95. The van der Waals surface area contributed by atoms with Crippen LogP contribution in [0.3, 0.4) is 0 Å². The van der Waals surface area contributed by atoms with Crippen molar-refractivity contribution in [2.75, 3.05) is 5.75 Å². The Morgan fingerprint density at radius 1 is 1.33 bits per heavy atom. The average Bonchev–Trinajstić information content (AvgIpc) is 2.61. The zero-order valence-corrected chi connectivity index (χ0v) is 10.5. The molecule has 1 N–H and O–H groups in total. The molecule has 104 valence electrons. The van der Waals surface area contributed by atoms with E-state index in [-0.39, 0.29) is 5.92 Å². The summed E-state index contributed by atoms with van der Waals surface area (Å²) < 4.78 is 61.1. The van der Waals surface area contributed by atoms with Gasteiger partial charge < -0.3 is 0 Å². The van der Waals surface area contributed by atoms with Crippen LogP contribution < -0.4 is 4.72 Å². The van der Waals surface area contributed by atoms with Crippen LogP contribution in [0, 0.1) is 17.2 Å². The summed E-state index contributed by atoms with van der Waals surface area (Å²) in [5.41, 5.74) is 0. The van der Waals surface area contributed by atoms with Crippen molar-refractivity contribution in [2.24, 2.45) is 5.92 Å². The van der Waals surface area contributed by atoms with Crippen molar-refractivity contribution in [2.45, 2.75) is 44.3 Å². The van der Waals surface area contributed by atoms with Crippen molar-refractivity contribution in [3.8, 4) is 6.07 Å². The number of alkyl halides is 3. The number of hydrogen-bond donors (Lipinski definition) is 1. The van der Waals surface area contributed by atoms with Crippen LogP contribution in [0.5, 0.6) is 0 Å². The van der Waals surface area contributed by atoms with Crippen LogP contribution in [0.25, 0.3) is 0 Å². The molecule has 0 aromatic rings. The fraction of sp³-hybridized carbons (Fsp3) is 0.900. The Hall–Kier alpha value is -0.810. The Labute approximate surface area is 104 Å². The van der Waals surface area contributed by atoms with E-state index in [2.05, 4.69) is 4.72 Å². The minimum Gasteiger partial charge on any atom is -0.212 e. The van der Waals surface area contributed by atoms with Gasteiger partial charge in [-0.05, 0) is 19.3 Å². The molecule has 1 saturated carbocycles. The third kappa shape index (κ3) is 5.23. The highest BCUT2D eigenvalue weighted by atomic mass is 32.2. The molecule has 8 heteroatoms. The van der Waals surface area contributed by atoms with Gasteiger partial charge in [-0.25, -0.2) is 13.1 Å². The molecule has 0 saturated heterocycles. The van der Waals surface area contributed by atoms with Crippen LogP contribution in [0.15, 0.2) is 0 Å². The standard InChI is InChI=1S/C10H15F3N2O2S/c11-10(12,13)5-2-6-18(16,17)15-9-4-1-3-8(9)7-14/h8-9,15H,1-6H2. The van der Waals surface area contributed by atoms with E-state index >= 15 is 0 Å². The molecule has 0 heterocycles. The molecule has 0 aromatic heterocycles. The van der Waals surface area contributed by atoms with Crippen LogP contribution >= 0.6 is 0 Å². The number of rotatable bonds is 5. The second-order valence-corrected chi connectivity index (χ2v) is 6.30. The highest BCUT2D eigenvalue weighted by Crippen LogP contribution is 2.26. The first kappa shape index (κ1) is 15.2. The van der Waals surface area contributed by atoms with Gasteiger partial charge in [-0.3, -0.25) is 0 Å². The summed E-state index contributed by atoms with van der Waals surface area (Å²) in [7, 11) is -3.73. The van der Waals surface area contributed by atoms with Crippen molar-refractivity contribution >= 4 is 10.0 Å². The summed E-state index contributed by atoms with van der Waals surface area (Å²) in [6.45, 7) is 0. The zero-order valence-electron chi connectivity index (χ0n) is 9.70. The van der Waals surface area contributed by atoms with E-state index in [1.807, 2.05) is 6.07 Å². The van der Waals surface area contributed by atoms with Gasteiger partial charge in [0.2, 0.25) is 10.0 Å². The van der Waals surface area contributed by atoms with Gasteiger partial charge in [-0.1, -0.05) is 6.42 Å². The van der Waals surface area contributed by atoms with Gasteiger partial charge in [-0.2, -0.15) is 18.4 Å². The molecule has 0 bridgehead atoms. The van der Waals surface area contributed by atoms with Crippen molar-refractivity contribution in [1.29, 1.82) is 5.26 Å². The third-order valence-corrected chi connectivity index (χ3v) is 4.37. The Bertz CT molecular complexity index is 414. The van der Waals surface area contributed by atoms with E-state index in [0.29, 0.717) is 12.8 Å². The maximum Gasteiger partial charge on any atom is 0.389 e. The summed E-state index contributed by atoms with van der Waals surface area (Å²) in [6, 6.07) is 1.56. The Morgan fingerprint density at radius 3 is 2.56 bits per heavy atom. The fourth-order valence-corrected chi connectivity index (χ4v) is 3.39. The van der Waals surface area contributed by atoms with Gasteiger partial charge in [0, 0.05) is 12.5 Å². The Kier molecular flexibility index (Phi) is 4.99. The molecule has 1 fully saturated rings. The first-order chi connectivity index (χ1) is 8.23. The lowest BCUT2D eigenvalue weighted by atomic mass is 10.1. The number of sulfonamides is 1. The number of halogens is 3. The Morgan fingerprint density at radius 2 is 2.00 bits per heavy atom. The van der Waals surface area contributed by atoms with Gasteiger partial charge in [0.05, 0.1) is 17.7 Å². The highest BCUT2D eigenvalue weighted by Gasteiger charge is 2.31. The number of nitrogens with one attached hydrogen (secondary N) is 1. The molecule has 4 nitrogen and oxygen atoms in total. The molecule has 0 aromatic carbocycles. The molecule has 0 amide bonds. The smallest absolute Gasteiger partial charge is 0.212 e. The van der Waals surface area contributed by atoms with Crippen LogP contribution in [0.4, 0.5) is 13.2 Å². The van der Waals surface area contributed by atoms with Crippen molar-refractivity contribution < 1.29 is 21.6 Å². The van der Waals surface area contributed by atoms with Crippen molar-refractivity contribution in [3.05, 3.63) is 0 Å². The summed E-state index contributed by atoms with van der Waals surface area (Å²) in [4.78, 5) is 0. The molecular formula is C10H15F3N2O2S. The molecule has 18 heavy (non-hydrogen) atoms. The number of nitriles is 1. The van der Waals surface area contributed by atoms with E-state index in [9.17, 15) is 21.6 Å². The first-order valence-electron chi connectivity index (χ1n) is 5.70. The second-order valence-electron chi connectivity index (χ2n) is 4.43. The van der Waals surface area contributed by atoms with Gasteiger partial charge in [0.15, 0.2) is 0 Å². The van der Waals surface area contributed by atoms with Crippen molar-refractivity contribution in [3.63, 3.8) is 0 Å². The summed E-state index contributed by atoms with van der Waals surface area (Å²) in [5.74, 6) is -0.927. The SMILES string of the molecule is N#CC1CCCC1NS(=O)(=O)CCCC(F)(F)F. The molecule has 0 radical (unpaired) electrons. The van der Waals surface area contributed by atoms with E-state index in [4.69, 9.17) is 5.26 Å². The average molecular weight is 284 g/mol. The molecule has 1 aliphatic rings. The monoisotopic (exact) mass is 284 g/mol. The normalized spacial score (nSPS) is 25.0. The molecule has 1 rings (SSSR count). The molecule has 2 unspecified atom stereocenters. The topological polar surface area (TPSA) is 70.0 Å². The predicted octanol–water partition coefficient (Wildman–Crippen LogP) is 1.94. The molecule has 0 spiro atoms. The molecule has 1 aliphatic carbocycles. The highest BCUT2D eigenvalue weighted by molar-refractivity contribution is 7.89. The zero-order chi connectivity index (χ0) is 13.8. The third-order valence-electron chi connectivity index (χ3n) is 2.89. The lowest BCUT2D eigenvalue weighted by Crippen LogP contribution is -2.38. The fourth-order valence-electron chi connectivity index (χ4n) is 2.01. The van der Waals surface area contributed by atoms with Crippen LogP contribution in [-0.4, -0.2) is 26.4 Å². The number of nitrogens with zero attached hydrogens (tertiary/aromatic N) is 1. The largest absolute Gasteiger partial charge is 0.389 e. The maximum absolute atomic E-state index is 11.9. The minimum atomic E-state index is -4.34. The second kappa shape index (κ2) is 5.89. The first-order valence-corrected chi connectivity index (χ1v) is 7.35. The van der Waals surface area contributed by atoms with E-state index in [0.717, 1.165) is 6.42 Å². The van der Waals surface area contributed by atoms with Gasteiger partial charge in [0.1, 0.15) is 0 Å². The van der Waals surface area contributed by atoms with Gasteiger partial charge in [-0.15, -0.1) is 0 Å². The molecular weight excluding hydrogens is 269 g/mol. The van der Waals surface area contributed by atoms with E-state index in [1.54, 1.807) is 0 Å². The van der Waals surface area contributed by atoms with Gasteiger partial charge >= 0.3 is 6.18 Å². The van der Waals surface area contributed by atoms with E-state index < -0.39 is 40.8 Å². The Balaban J connectivity index is 2.43. The quantitative estimate of drug-likeness (QED) is 0.838. The summed E-state index contributed by atoms with van der Waals surface area (Å²) in [5, 5.41) is 8.78. The lowest BCUT2D eigenvalue weighted by Gasteiger charge is -2.15. The van der Waals surface area contributed by atoms with Crippen LogP contribution in [0.2, 0.25) is 0 Å². The molecule has 2 atom stereocenters. The van der Waals surface area contributed by atoms with Crippen molar-refractivity contribution in [1.82, 2.24) is 4.72 Å². The van der Waals surface area contributed by atoms with Crippen LogP contribution in [-0.2, 0) is 10.0 Å². The predicted molar refractivity (Wildman–Crippen MR) is 59.0 cm³/mol. The lowest BCUT2D eigenvalue weighted by molar-refractivity contribution is -0.134. The van der Waals surface area contributed by atoms with E-state index in [1.165, 1.54) is 0 Å². The van der Waals surface area contributed by atoms with Crippen LogP contribution in [0.1, 0.15) is 32.1 Å². The minimum absolute atomic E-state index is 0.373. The molecule has 0 aliphatic heterocycles.